The van der Waals surface area contributed by atoms with E-state index < -0.39 is 12.5 Å². The summed E-state index contributed by atoms with van der Waals surface area (Å²) in [6.45, 7) is 1.45. The van der Waals surface area contributed by atoms with Crippen LogP contribution in [0, 0.1) is 29.1 Å². The number of carbonyl (C=O) groups excluding carboxylic acids is 1. The van der Waals surface area contributed by atoms with Crippen LogP contribution in [0.2, 0.25) is 0 Å². The monoisotopic (exact) mass is 403 g/mol. The summed E-state index contributed by atoms with van der Waals surface area (Å²) in [5.41, 5.74) is 0.412. The van der Waals surface area contributed by atoms with Gasteiger partial charge < -0.3 is 10.2 Å². The molecule has 156 valence electrons. The van der Waals surface area contributed by atoms with Crippen molar-refractivity contribution in [3.63, 3.8) is 0 Å². The van der Waals surface area contributed by atoms with Crippen LogP contribution in [0.3, 0.4) is 0 Å². The molecule has 5 aliphatic rings. The molecule has 0 aromatic carbocycles. The zero-order valence-corrected chi connectivity index (χ0v) is 16.4. The number of carbonyl (C=O) groups is 1. The van der Waals surface area contributed by atoms with Gasteiger partial charge >= 0.3 is 0 Å². The fraction of sp³-hybridized carbons (Fsp3) is 0.762. The van der Waals surface area contributed by atoms with Crippen LogP contribution >= 0.6 is 0 Å². The Bertz CT molecular complexity index is 850. The zero-order valence-electron chi connectivity index (χ0n) is 16.4. The Balaban J connectivity index is 1.17. The van der Waals surface area contributed by atoms with Gasteiger partial charge in [-0.1, -0.05) is 12.2 Å². The van der Waals surface area contributed by atoms with Gasteiger partial charge in [0.1, 0.15) is 12.4 Å². The Hall–Kier alpha value is -1.99. The van der Waals surface area contributed by atoms with E-state index in [-0.39, 0.29) is 17.9 Å². The molecule has 1 saturated heterocycles. The molecule has 8 heteroatoms. The third-order valence-corrected chi connectivity index (χ3v) is 8.37. The summed E-state index contributed by atoms with van der Waals surface area (Å²) in [4.78, 5) is 19.5. The van der Waals surface area contributed by atoms with E-state index in [4.69, 9.17) is 0 Å². The number of rotatable bonds is 3. The van der Waals surface area contributed by atoms with Crippen LogP contribution in [0.5, 0.6) is 0 Å². The number of allylic oxidation sites excluding steroid dienone is 2. The molecule has 2 saturated carbocycles. The zero-order chi connectivity index (χ0) is 19.8. The van der Waals surface area contributed by atoms with Gasteiger partial charge in [-0.15, -0.1) is 0 Å². The summed E-state index contributed by atoms with van der Waals surface area (Å²) in [6, 6.07) is -1.05. The maximum absolute atomic E-state index is 13.6. The first-order valence-corrected chi connectivity index (χ1v) is 11.0. The van der Waals surface area contributed by atoms with Crippen molar-refractivity contribution >= 4 is 11.9 Å². The molecular formula is C21H27F2N5O. The van der Waals surface area contributed by atoms with Crippen molar-refractivity contribution in [2.75, 3.05) is 18.4 Å². The number of hydrogen-bond donors (Lipinski definition) is 1. The second kappa shape index (κ2) is 6.25. The lowest BCUT2D eigenvalue weighted by Crippen LogP contribution is -2.50. The highest BCUT2D eigenvalue weighted by Crippen LogP contribution is 2.70. The van der Waals surface area contributed by atoms with Crippen LogP contribution in [0.1, 0.15) is 44.6 Å². The van der Waals surface area contributed by atoms with Gasteiger partial charge in [0.2, 0.25) is 11.9 Å². The largest absolute Gasteiger partial charge is 0.351 e. The Morgan fingerprint density at radius 2 is 2.14 bits per heavy atom. The van der Waals surface area contributed by atoms with E-state index in [0.29, 0.717) is 42.1 Å². The molecule has 6 nitrogen and oxygen atoms in total. The van der Waals surface area contributed by atoms with Gasteiger partial charge in [-0.3, -0.25) is 4.79 Å². The van der Waals surface area contributed by atoms with Crippen LogP contribution in [0.4, 0.5) is 14.7 Å². The summed E-state index contributed by atoms with van der Waals surface area (Å²) in [6.07, 6.45) is 9.23. The van der Waals surface area contributed by atoms with E-state index in [9.17, 15) is 13.6 Å². The second-order valence-electron chi connectivity index (χ2n) is 9.70. The molecule has 2 aliphatic heterocycles. The quantitative estimate of drug-likeness (QED) is 0.788. The molecular weight excluding hydrogens is 376 g/mol. The molecule has 3 fully saturated rings. The van der Waals surface area contributed by atoms with E-state index in [1.807, 2.05) is 4.90 Å². The minimum absolute atomic E-state index is 0.101. The molecule has 0 unspecified atom stereocenters. The molecule has 3 heterocycles. The minimum Gasteiger partial charge on any atom is -0.351 e. The number of anilines is 1. The molecule has 6 atom stereocenters. The van der Waals surface area contributed by atoms with Crippen LogP contribution in [-0.2, 0) is 4.79 Å². The highest BCUT2D eigenvalue weighted by molar-refractivity contribution is 5.80. The van der Waals surface area contributed by atoms with Crippen LogP contribution in [0.15, 0.2) is 18.5 Å². The molecule has 2 bridgehead atoms. The SMILES string of the molecule is O=C([C@@H]1C[C@H]2C=C[C@H]1C21CC1)N1CCC[C@H]([C@@H]2C[C@H](C(F)F)n3ncnc3N2)C1. The van der Waals surface area contributed by atoms with Crippen molar-refractivity contribution in [1.29, 1.82) is 0 Å². The molecule has 1 amide bonds. The predicted molar refractivity (Wildman–Crippen MR) is 102 cm³/mol. The summed E-state index contributed by atoms with van der Waals surface area (Å²) in [5, 5.41) is 7.29. The van der Waals surface area contributed by atoms with E-state index in [2.05, 4.69) is 27.6 Å². The van der Waals surface area contributed by atoms with Gasteiger partial charge in [-0.05, 0) is 61.7 Å². The number of piperidine rings is 1. The molecule has 1 aromatic rings. The normalized spacial score (nSPS) is 39.1. The lowest BCUT2D eigenvalue weighted by atomic mass is 9.84. The number of hydrogen-bond acceptors (Lipinski definition) is 4. The van der Waals surface area contributed by atoms with E-state index in [0.717, 1.165) is 25.8 Å². The van der Waals surface area contributed by atoms with Gasteiger partial charge in [-0.2, -0.15) is 10.1 Å². The average molecular weight is 403 g/mol. The Kier molecular flexibility index (Phi) is 3.84. The van der Waals surface area contributed by atoms with Crippen LogP contribution < -0.4 is 5.32 Å². The number of halogens is 2. The summed E-state index contributed by atoms with van der Waals surface area (Å²) >= 11 is 0. The van der Waals surface area contributed by atoms with Crippen LogP contribution in [0.25, 0.3) is 0 Å². The lowest BCUT2D eigenvalue weighted by Gasteiger charge is -2.41. The second-order valence-corrected chi connectivity index (χ2v) is 9.70. The molecule has 29 heavy (non-hydrogen) atoms. The van der Waals surface area contributed by atoms with Gasteiger partial charge in [0.25, 0.3) is 6.43 Å². The molecule has 1 spiro atoms. The number of fused-ring (bicyclic) bond motifs is 1. The van der Waals surface area contributed by atoms with Crippen molar-refractivity contribution in [3.8, 4) is 0 Å². The first-order valence-electron chi connectivity index (χ1n) is 11.0. The van der Waals surface area contributed by atoms with Gasteiger partial charge in [0, 0.05) is 25.0 Å². The van der Waals surface area contributed by atoms with E-state index in [1.54, 1.807) is 0 Å². The minimum atomic E-state index is -2.48. The number of amides is 1. The van der Waals surface area contributed by atoms with Gasteiger partial charge in [0.15, 0.2) is 0 Å². The number of aromatic nitrogens is 3. The van der Waals surface area contributed by atoms with Crippen molar-refractivity contribution < 1.29 is 13.6 Å². The summed E-state index contributed by atoms with van der Waals surface area (Å²) < 4.78 is 28.5. The first kappa shape index (κ1) is 17.8. The average Bonchev–Trinajstić information content (AvgIpc) is 3.14. The van der Waals surface area contributed by atoms with Crippen molar-refractivity contribution in [3.05, 3.63) is 18.5 Å². The van der Waals surface area contributed by atoms with Crippen LogP contribution in [-0.4, -0.2) is 51.1 Å². The number of likely N-dealkylation sites (tertiary alicyclic amines) is 1. The third kappa shape index (κ3) is 2.60. The predicted octanol–water partition coefficient (Wildman–Crippen LogP) is 3.11. The van der Waals surface area contributed by atoms with E-state index in [1.165, 1.54) is 23.9 Å². The molecule has 3 aliphatic carbocycles. The lowest BCUT2D eigenvalue weighted by molar-refractivity contribution is -0.138. The number of nitrogens with one attached hydrogen (secondary N) is 1. The van der Waals surface area contributed by atoms with Crippen molar-refractivity contribution in [2.24, 2.45) is 29.1 Å². The maximum Gasteiger partial charge on any atom is 0.260 e. The molecule has 1 aromatic heterocycles. The Morgan fingerprint density at radius 3 is 2.90 bits per heavy atom. The standard InChI is InChI=1S/C21H27F2N5O/c22-18(23)17-9-16(26-20-24-11-25-28(17)20)12-2-1-7-27(10-12)19(29)14-8-13-3-4-15(14)21(13)5-6-21/h3-4,11-18H,1-2,5-10H2,(H,24,25,26)/t12-,13+,14+,15+,16-,17+/m0/s1. The molecule has 1 N–H and O–H groups in total. The topological polar surface area (TPSA) is 63.1 Å². The third-order valence-electron chi connectivity index (χ3n) is 8.37. The van der Waals surface area contributed by atoms with Crippen molar-refractivity contribution in [2.45, 2.75) is 57.0 Å². The smallest absolute Gasteiger partial charge is 0.260 e. The first-order chi connectivity index (χ1) is 14.1. The molecule has 6 rings (SSSR count). The Labute approximate surface area is 168 Å². The number of nitrogens with zero attached hydrogens (tertiary/aromatic N) is 4. The van der Waals surface area contributed by atoms with Gasteiger partial charge in [-0.25, -0.2) is 13.5 Å². The summed E-state index contributed by atoms with van der Waals surface area (Å²) in [7, 11) is 0. The van der Waals surface area contributed by atoms with E-state index >= 15 is 0 Å². The highest BCUT2D eigenvalue weighted by atomic mass is 19.3. The maximum atomic E-state index is 13.6. The fourth-order valence-corrected chi connectivity index (χ4v) is 6.73. The summed E-state index contributed by atoms with van der Waals surface area (Å²) in [5.74, 6) is 2.03. The van der Waals surface area contributed by atoms with Crippen molar-refractivity contribution in [1.82, 2.24) is 19.7 Å². The highest BCUT2D eigenvalue weighted by Gasteiger charge is 2.64. The molecule has 0 radical (unpaired) electrons. The fourth-order valence-electron chi connectivity index (χ4n) is 6.73. The van der Waals surface area contributed by atoms with Gasteiger partial charge in [0.05, 0.1) is 0 Å². The Morgan fingerprint density at radius 1 is 1.28 bits per heavy atom. The number of alkyl halides is 2.